The van der Waals surface area contributed by atoms with Gasteiger partial charge in [-0.05, 0) is 30.9 Å². The Morgan fingerprint density at radius 2 is 2.07 bits per heavy atom. The number of aliphatic carboxylic acids is 2. The number of hydrogen-bond acceptors (Lipinski definition) is 15. The predicted octanol–water partition coefficient (Wildman–Crippen LogP) is -1.74. The summed E-state index contributed by atoms with van der Waals surface area (Å²) in [4.78, 5) is 64.8. The van der Waals surface area contributed by atoms with E-state index in [1.54, 1.807) is 15.4 Å². The summed E-state index contributed by atoms with van der Waals surface area (Å²) in [5, 5.41) is 33.4. The number of carbonyl (C=O) groups is 4. The fraction of sp³-hybridized carbons (Fsp3) is 0.375. The fourth-order valence-corrected chi connectivity index (χ4v) is 7.32. The van der Waals surface area contributed by atoms with Crippen LogP contribution in [-0.4, -0.2) is 87.6 Å². The molecule has 3 aromatic rings. The molecular weight excluding hydrogens is 637 g/mol. The molecular formula is C24H26N10O7S3. The van der Waals surface area contributed by atoms with Crippen molar-refractivity contribution in [1.82, 2.24) is 29.8 Å². The van der Waals surface area contributed by atoms with Crippen molar-refractivity contribution in [3.05, 3.63) is 34.2 Å². The van der Waals surface area contributed by atoms with Crippen molar-refractivity contribution in [2.75, 3.05) is 23.0 Å². The molecule has 0 bridgehead atoms. The highest BCUT2D eigenvalue weighted by molar-refractivity contribution is 8.01. The van der Waals surface area contributed by atoms with Crippen LogP contribution in [0.3, 0.4) is 0 Å². The molecule has 0 aliphatic carbocycles. The molecule has 1 fully saturated rings. The maximum absolute atomic E-state index is 13.3. The lowest BCUT2D eigenvalue weighted by Gasteiger charge is -2.50. The maximum atomic E-state index is 13.3. The third-order valence-corrected chi connectivity index (χ3v) is 9.78. The summed E-state index contributed by atoms with van der Waals surface area (Å²) >= 11 is 3.47. The summed E-state index contributed by atoms with van der Waals surface area (Å²) in [5.41, 5.74) is 11.2. The Bertz CT molecular complexity index is 1780. The Kier molecular flexibility index (Phi) is 8.16. The van der Waals surface area contributed by atoms with Crippen LogP contribution in [0.4, 0.5) is 10.9 Å². The van der Waals surface area contributed by atoms with E-state index in [1.807, 2.05) is 14.0 Å². The first-order valence-corrected chi connectivity index (χ1v) is 15.6. The molecule has 5 rings (SSSR count). The normalized spacial score (nSPS) is 18.7. The molecule has 1 unspecified atom stereocenters. The van der Waals surface area contributed by atoms with Gasteiger partial charge in [0, 0.05) is 22.0 Å². The zero-order valence-corrected chi connectivity index (χ0v) is 26.1. The fourth-order valence-electron chi connectivity index (χ4n) is 4.34. The number of thiazole rings is 1. The van der Waals surface area contributed by atoms with Gasteiger partial charge in [-0.15, -0.1) is 23.1 Å². The number of nitrogens with two attached hydrogens (primary N) is 2. The number of nitrogens with one attached hydrogen (secondary N) is 1. The molecule has 0 spiro atoms. The summed E-state index contributed by atoms with van der Waals surface area (Å²) in [6, 6.07) is -1.12. The standard InChI is InChI=1S/C24H26N10O7S3/c1-9-15(25)30-23(34-17(9)32(4)8-27-34)44-6-10-5-42-19-13(18(36)33(19)14(10)20(37)38)29-16(35)12(11-7-43-22(26)28-11)31-41-24(2,3)21(39)40/h7-8,13,19,25H,5-6H2,1-4H3,(H5,26,28,29,35,37,38,39,40)/b31-12-/t13?,19-/m1/s1. The molecule has 0 aromatic carbocycles. The second-order valence-electron chi connectivity index (χ2n) is 10.2. The SMILES string of the molecule is Cc1c(N)nc(SCC2=C(C(=O)[O-])N3C(=O)C(NC(=O)/C(=N\OC(C)(C)C(=O)O)c4csc(N)n4)[C@H]3SC2)n2nc[n+](C)c12. The summed E-state index contributed by atoms with van der Waals surface area (Å²) in [6.07, 6.45) is 1.60. The number of carboxylic acid groups (broad SMARTS) is 2. The number of nitrogens with zero attached hydrogens (tertiary/aromatic N) is 7. The molecule has 5 heterocycles. The molecule has 44 heavy (non-hydrogen) atoms. The predicted molar refractivity (Wildman–Crippen MR) is 157 cm³/mol. The average Bonchev–Trinajstić information content (AvgIpc) is 3.57. The topological polar surface area (TPSA) is 247 Å². The van der Waals surface area contributed by atoms with E-state index in [4.69, 9.17) is 16.3 Å². The first kappa shape index (κ1) is 31.0. The van der Waals surface area contributed by atoms with E-state index < -0.39 is 46.5 Å². The van der Waals surface area contributed by atoms with Gasteiger partial charge in [0.05, 0.1) is 24.3 Å². The molecule has 0 saturated carbocycles. The summed E-state index contributed by atoms with van der Waals surface area (Å²) in [5.74, 6) is -3.77. The number of aryl methyl sites for hydroxylation is 2. The third-order valence-electron chi connectivity index (χ3n) is 6.75. The van der Waals surface area contributed by atoms with Gasteiger partial charge in [-0.1, -0.05) is 16.9 Å². The monoisotopic (exact) mass is 662 g/mol. The molecule has 3 aromatic heterocycles. The van der Waals surface area contributed by atoms with E-state index in [2.05, 4.69) is 25.5 Å². The van der Waals surface area contributed by atoms with Crippen molar-refractivity contribution in [3.63, 3.8) is 0 Å². The molecule has 0 radical (unpaired) electrons. The number of β-lactam (4-membered cyclic amide) rings is 1. The van der Waals surface area contributed by atoms with Gasteiger partial charge in [0.2, 0.25) is 5.60 Å². The molecule has 20 heteroatoms. The second-order valence-corrected chi connectivity index (χ2v) is 13.1. The van der Waals surface area contributed by atoms with Gasteiger partial charge >= 0.3 is 5.97 Å². The van der Waals surface area contributed by atoms with E-state index in [-0.39, 0.29) is 28.0 Å². The van der Waals surface area contributed by atoms with Gasteiger partial charge in [0.25, 0.3) is 28.9 Å². The van der Waals surface area contributed by atoms with Gasteiger partial charge < -0.3 is 36.6 Å². The number of carbonyl (C=O) groups excluding carboxylic acids is 3. The van der Waals surface area contributed by atoms with Crippen LogP contribution in [0.5, 0.6) is 0 Å². The van der Waals surface area contributed by atoms with E-state index in [0.29, 0.717) is 16.5 Å². The van der Waals surface area contributed by atoms with Crippen LogP contribution in [0.2, 0.25) is 0 Å². The minimum absolute atomic E-state index is 0.00554. The molecule has 17 nitrogen and oxygen atoms in total. The third kappa shape index (κ3) is 5.50. The highest BCUT2D eigenvalue weighted by atomic mass is 32.2. The Morgan fingerprint density at radius 3 is 2.70 bits per heavy atom. The van der Waals surface area contributed by atoms with Crippen LogP contribution >= 0.6 is 34.9 Å². The number of amides is 2. The lowest BCUT2D eigenvalue weighted by atomic mass is 10.0. The summed E-state index contributed by atoms with van der Waals surface area (Å²) < 4.78 is 3.39. The molecule has 2 amide bonds. The van der Waals surface area contributed by atoms with Crippen LogP contribution in [-0.2, 0) is 31.1 Å². The number of anilines is 2. The Balaban J connectivity index is 1.35. The highest BCUT2D eigenvalue weighted by Crippen LogP contribution is 2.41. The number of hydrogen-bond donors (Lipinski definition) is 4. The van der Waals surface area contributed by atoms with Crippen LogP contribution < -0.4 is 26.5 Å². The van der Waals surface area contributed by atoms with Gasteiger partial charge in [0.15, 0.2) is 10.8 Å². The van der Waals surface area contributed by atoms with Crippen molar-refractivity contribution in [3.8, 4) is 0 Å². The summed E-state index contributed by atoms with van der Waals surface area (Å²) in [6.45, 7) is 4.29. The van der Waals surface area contributed by atoms with Gasteiger partial charge in [-0.25, -0.2) is 14.3 Å². The van der Waals surface area contributed by atoms with Crippen LogP contribution in [0.25, 0.3) is 5.65 Å². The lowest BCUT2D eigenvalue weighted by Crippen LogP contribution is -2.71. The van der Waals surface area contributed by atoms with Gasteiger partial charge in [-0.3, -0.25) is 14.5 Å². The van der Waals surface area contributed by atoms with Crippen molar-refractivity contribution in [2.24, 2.45) is 12.2 Å². The molecule has 1 saturated heterocycles. The highest BCUT2D eigenvalue weighted by Gasteiger charge is 2.53. The first-order chi connectivity index (χ1) is 20.7. The zero-order valence-electron chi connectivity index (χ0n) is 23.6. The number of nitrogen functional groups attached to an aromatic ring is 2. The molecule has 232 valence electrons. The number of rotatable bonds is 10. The van der Waals surface area contributed by atoms with Crippen molar-refractivity contribution >= 4 is 80.9 Å². The van der Waals surface area contributed by atoms with E-state index in [9.17, 15) is 29.4 Å². The minimum Gasteiger partial charge on any atom is -0.543 e. The van der Waals surface area contributed by atoms with Gasteiger partial charge in [0.1, 0.15) is 22.9 Å². The quantitative estimate of drug-likeness (QED) is 0.0470. The Morgan fingerprint density at radius 1 is 1.34 bits per heavy atom. The molecule has 2 aliphatic rings. The first-order valence-electron chi connectivity index (χ1n) is 12.7. The Labute approximate surface area is 261 Å². The number of carboxylic acids is 2. The largest absolute Gasteiger partial charge is 0.543 e. The maximum Gasteiger partial charge on any atom is 0.350 e. The Hall–Kier alpha value is -4.43. The summed E-state index contributed by atoms with van der Waals surface area (Å²) in [7, 11) is 1.81. The second kappa shape index (κ2) is 11.6. The number of fused-ring (bicyclic) bond motifs is 2. The van der Waals surface area contributed by atoms with Crippen LogP contribution in [0, 0.1) is 6.92 Å². The molecule has 2 atom stereocenters. The van der Waals surface area contributed by atoms with E-state index >= 15 is 0 Å². The zero-order chi connectivity index (χ0) is 32.1. The van der Waals surface area contributed by atoms with Crippen molar-refractivity contribution < 1.29 is 38.8 Å². The van der Waals surface area contributed by atoms with Crippen molar-refractivity contribution in [2.45, 2.75) is 42.9 Å². The number of thioether (sulfide) groups is 2. The van der Waals surface area contributed by atoms with Gasteiger partial charge in [-0.2, -0.15) is 4.98 Å². The number of aromatic nitrogens is 5. The molecule has 6 N–H and O–H groups in total. The molecule has 2 aliphatic heterocycles. The number of oxime groups is 1. The van der Waals surface area contributed by atoms with E-state index in [0.717, 1.165) is 27.4 Å². The van der Waals surface area contributed by atoms with Crippen LogP contribution in [0.1, 0.15) is 25.1 Å². The average molecular weight is 663 g/mol. The van der Waals surface area contributed by atoms with Crippen molar-refractivity contribution in [1.29, 1.82) is 0 Å². The smallest absolute Gasteiger partial charge is 0.350 e. The van der Waals surface area contributed by atoms with E-state index in [1.165, 1.54) is 42.8 Å². The van der Waals surface area contributed by atoms with Crippen LogP contribution in [0.15, 0.2) is 33.3 Å². The minimum atomic E-state index is -1.78. The lowest BCUT2D eigenvalue weighted by molar-refractivity contribution is -0.646.